The largest absolute Gasteiger partial charge is 0.492 e. The van der Waals surface area contributed by atoms with Gasteiger partial charge in [-0.2, -0.15) is 0 Å². The molecule has 0 spiro atoms. The zero-order valence-corrected chi connectivity index (χ0v) is 16.3. The number of esters is 2. The number of benzene rings is 1. The van der Waals surface area contributed by atoms with Crippen molar-refractivity contribution in [3.05, 3.63) is 17.2 Å². The molecule has 0 saturated carbocycles. The molecule has 26 heavy (non-hydrogen) atoms. The second-order valence-corrected chi connectivity index (χ2v) is 5.36. The van der Waals surface area contributed by atoms with Crippen LogP contribution < -0.4 is 14.2 Å². The van der Waals surface area contributed by atoms with E-state index in [0.717, 1.165) is 12.8 Å². The number of hydrogen-bond acceptors (Lipinski definition) is 7. The summed E-state index contributed by atoms with van der Waals surface area (Å²) >= 11 is 0. The van der Waals surface area contributed by atoms with Gasteiger partial charge in [-0.15, -0.1) is 0 Å². The summed E-state index contributed by atoms with van der Waals surface area (Å²) in [6.45, 7) is 7.73. The van der Waals surface area contributed by atoms with E-state index < -0.39 is 11.9 Å². The lowest BCUT2D eigenvalue weighted by Crippen LogP contribution is -2.18. The number of carbonyl (C=O) groups is 2. The molecule has 1 aromatic rings. The Bertz CT molecular complexity index is 577. The van der Waals surface area contributed by atoms with Crippen molar-refractivity contribution < 1.29 is 33.3 Å². The summed E-state index contributed by atoms with van der Waals surface area (Å²) in [4.78, 5) is 24.8. The molecule has 0 atom stereocenters. The maximum atomic E-state index is 12.4. The van der Waals surface area contributed by atoms with Crippen molar-refractivity contribution >= 4 is 11.9 Å². The standard InChI is InChI=1S/C19H28O7/c1-7-12(8-2)26-17-15(22-5)13(18(20)24-9-3)11-14(16(17)23-6)19(21)25-10-4/h11-12H,7-10H2,1-6H3. The highest BCUT2D eigenvalue weighted by molar-refractivity contribution is 6.01. The van der Waals surface area contributed by atoms with Crippen LogP contribution in [0.1, 0.15) is 61.3 Å². The summed E-state index contributed by atoms with van der Waals surface area (Å²) < 4.78 is 27.0. The van der Waals surface area contributed by atoms with Crippen LogP contribution in [-0.4, -0.2) is 45.5 Å². The van der Waals surface area contributed by atoms with Crippen molar-refractivity contribution in [2.75, 3.05) is 27.4 Å². The third kappa shape index (κ3) is 4.80. The number of hydrogen-bond donors (Lipinski definition) is 0. The summed E-state index contributed by atoms with van der Waals surface area (Å²) in [7, 11) is 2.84. The van der Waals surface area contributed by atoms with Gasteiger partial charge in [-0.05, 0) is 32.8 Å². The Morgan fingerprint density at radius 1 is 0.808 bits per heavy atom. The van der Waals surface area contributed by atoms with Crippen molar-refractivity contribution in [2.45, 2.75) is 46.6 Å². The molecular formula is C19H28O7. The maximum absolute atomic E-state index is 12.4. The zero-order chi connectivity index (χ0) is 19.7. The average Bonchev–Trinajstić information content (AvgIpc) is 2.64. The minimum atomic E-state index is -0.619. The van der Waals surface area contributed by atoms with Crippen LogP contribution >= 0.6 is 0 Å². The zero-order valence-electron chi connectivity index (χ0n) is 16.3. The van der Waals surface area contributed by atoms with Gasteiger partial charge in [-0.1, -0.05) is 13.8 Å². The Morgan fingerprint density at radius 2 is 1.23 bits per heavy atom. The summed E-state index contributed by atoms with van der Waals surface area (Å²) in [5, 5.41) is 0. The first-order valence-electron chi connectivity index (χ1n) is 8.78. The third-order valence-electron chi connectivity index (χ3n) is 3.78. The van der Waals surface area contributed by atoms with E-state index in [9.17, 15) is 9.59 Å². The lowest BCUT2D eigenvalue weighted by molar-refractivity contribution is 0.0517. The van der Waals surface area contributed by atoms with Gasteiger partial charge in [-0.3, -0.25) is 0 Å². The predicted octanol–water partition coefficient (Wildman–Crippen LogP) is 3.62. The first-order valence-corrected chi connectivity index (χ1v) is 8.78. The van der Waals surface area contributed by atoms with Gasteiger partial charge < -0.3 is 23.7 Å². The Balaban J connectivity index is 3.68. The molecular weight excluding hydrogens is 340 g/mol. The molecule has 0 saturated heterocycles. The molecule has 0 N–H and O–H groups in total. The van der Waals surface area contributed by atoms with E-state index in [1.54, 1.807) is 13.8 Å². The van der Waals surface area contributed by atoms with Crippen LogP contribution in [0, 0.1) is 0 Å². The Labute approximate surface area is 154 Å². The minimum Gasteiger partial charge on any atom is -0.492 e. The van der Waals surface area contributed by atoms with E-state index in [4.69, 9.17) is 23.7 Å². The van der Waals surface area contributed by atoms with E-state index in [0.29, 0.717) is 0 Å². The molecule has 1 rings (SSSR count). The van der Waals surface area contributed by atoms with Crippen LogP contribution in [0.4, 0.5) is 0 Å². The first-order chi connectivity index (χ1) is 12.5. The van der Waals surface area contributed by atoms with E-state index in [1.807, 2.05) is 13.8 Å². The molecule has 0 bridgehead atoms. The van der Waals surface area contributed by atoms with Gasteiger partial charge in [0.25, 0.3) is 0 Å². The third-order valence-corrected chi connectivity index (χ3v) is 3.78. The SMILES string of the molecule is CCOC(=O)c1cc(C(=O)OCC)c(OC)c(OC(CC)CC)c1OC. The van der Waals surface area contributed by atoms with Crippen molar-refractivity contribution in [1.29, 1.82) is 0 Å². The highest BCUT2D eigenvalue weighted by Crippen LogP contribution is 2.44. The molecule has 0 amide bonds. The van der Waals surface area contributed by atoms with Gasteiger partial charge in [0.1, 0.15) is 11.1 Å². The van der Waals surface area contributed by atoms with Gasteiger partial charge >= 0.3 is 11.9 Å². The van der Waals surface area contributed by atoms with Gasteiger partial charge in [0.05, 0.1) is 33.5 Å². The number of rotatable bonds is 10. The van der Waals surface area contributed by atoms with Gasteiger partial charge in [0.2, 0.25) is 5.75 Å². The van der Waals surface area contributed by atoms with Crippen molar-refractivity contribution in [3.63, 3.8) is 0 Å². The fourth-order valence-corrected chi connectivity index (χ4v) is 2.48. The van der Waals surface area contributed by atoms with Crippen LogP contribution in [0.5, 0.6) is 17.2 Å². The number of methoxy groups -OCH3 is 2. The molecule has 0 heterocycles. The van der Waals surface area contributed by atoms with Crippen LogP contribution in [0.15, 0.2) is 6.07 Å². The Kier molecular flexibility index (Phi) is 8.75. The monoisotopic (exact) mass is 368 g/mol. The summed E-state index contributed by atoms with van der Waals surface area (Å²) in [5.41, 5.74) is 0.165. The summed E-state index contributed by atoms with van der Waals surface area (Å²) in [6, 6.07) is 1.35. The molecule has 0 aliphatic carbocycles. The predicted molar refractivity (Wildman–Crippen MR) is 96.5 cm³/mol. The summed E-state index contributed by atoms with van der Waals surface area (Å²) in [6.07, 6.45) is 1.34. The second-order valence-electron chi connectivity index (χ2n) is 5.36. The topological polar surface area (TPSA) is 80.3 Å². The number of ether oxygens (including phenoxy) is 5. The molecule has 1 aromatic carbocycles. The van der Waals surface area contributed by atoms with E-state index in [2.05, 4.69) is 0 Å². The quantitative estimate of drug-likeness (QED) is 0.583. The Hall–Kier alpha value is -2.44. The van der Waals surface area contributed by atoms with Crippen LogP contribution in [-0.2, 0) is 9.47 Å². The van der Waals surface area contributed by atoms with Gasteiger partial charge in [0.15, 0.2) is 11.5 Å². The smallest absolute Gasteiger partial charge is 0.342 e. The molecule has 0 unspecified atom stereocenters. The highest BCUT2D eigenvalue weighted by Gasteiger charge is 2.30. The highest BCUT2D eigenvalue weighted by atomic mass is 16.6. The van der Waals surface area contributed by atoms with Crippen LogP contribution in [0.3, 0.4) is 0 Å². The fourth-order valence-electron chi connectivity index (χ4n) is 2.48. The lowest BCUT2D eigenvalue weighted by atomic mass is 10.1. The van der Waals surface area contributed by atoms with E-state index in [-0.39, 0.29) is 47.7 Å². The molecule has 0 aliphatic heterocycles. The van der Waals surface area contributed by atoms with Crippen LogP contribution in [0.2, 0.25) is 0 Å². The normalized spacial score (nSPS) is 10.4. The van der Waals surface area contributed by atoms with Crippen molar-refractivity contribution in [3.8, 4) is 17.2 Å². The Morgan fingerprint density at radius 3 is 1.54 bits per heavy atom. The fraction of sp³-hybridized carbons (Fsp3) is 0.579. The van der Waals surface area contributed by atoms with Crippen molar-refractivity contribution in [1.82, 2.24) is 0 Å². The lowest BCUT2D eigenvalue weighted by Gasteiger charge is -2.23. The summed E-state index contributed by atoms with van der Waals surface area (Å²) in [5.74, 6) is -0.711. The van der Waals surface area contributed by atoms with Crippen LogP contribution in [0.25, 0.3) is 0 Å². The molecule has 0 radical (unpaired) electrons. The molecule has 7 heteroatoms. The minimum absolute atomic E-state index is 0.0826. The van der Waals surface area contributed by atoms with Gasteiger partial charge in [0, 0.05) is 0 Å². The molecule has 146 valence electrons. The molecule has 7 nitrogen and oxygen atoms in total. The average molecular weight is 368 g/mol. The molecule has 0 aromatic heterocycles. The molecule has 0 aliphatic rings. The maximum Gasteiger partial charge on any atom is 0.342 e. The van der Waals surface area contributed by atoms with E-state index in [1.165, 1.54) is 20.3 Å². The molecule has 0 fully saturated rings. The number of carbonyl (C=O) groups excluding carboxylic acids is 2. The first kappa shape index (κ1) is 21.6. The van der Waals surface area contributed by atoms with E-state index >= 15 is 0 Å². The van der Waals surface area contributed by atoms with Gasteiger partial charge in [-0.25, -0.2) is 9.59 Å². The van der Waals surface area contributed by atoms with Crippen molar-refractivity contribution in [2.24, 2.45) is 0 Å². The second kappa shape index (κ2) is 10.5.